The van der Waals surface area contributed by atoms with Gasteiger partial charge in [0.1, 0.15) is 0 Å². The minimum Gasteiger partial charge on any atom is -0.481 e. The molecule has 1 aliphatic rings. The van der Waals surface area contributed by atoms with Gasteiger partial charge >= 0.3 is 5.97 Å². The van der Waals surface area contributed by atoms with Crippen molar-refractivity contribution in [3.05, 3.63) is 66.0 Å². The molecule has 0 unspecified atom stereocenters. The van der Waals surface area contributed by atoms with E-state index in [-0.39, 0.29) is 30.6 Å². The summed E-state index contributed by atoms with van der Waals surface area (Å²) in [4.78, 5) is 37.0. The lowest BCUT2D eigenvalue weighted by Gasteiger charge is -2.22. The molecule has 1 saturated heterocycles. The second kappa shape index (κ2) is 12.0. The summed E-state index contributed by atoms with van der Waals surface area (Å²) in [5.41, 5.74) is 2.03. The van der Waals surface area contributed by atoms with Crippen LogP contribution < -0.4 is 0 Å². The summed E-state index contributed by atoms with van der Waals surface area (Å²) in [6, 6.07) is 10.0. The first-order chi connectivity index (χ1) is 15.5. The lowest BCUT2D eigenvalue weighted by Crippen LogP contribution is -2.32. The highest BCUT2D eigenvalue weighted by Gasteiger charge is 2.28. The number of carboxylic acids is 1. The number of carboxylic acid groups (broad SMARTS) is 1. The summed E-state index contributed by atoms with van der Waals surface area (Å²) < 4.78 is 1.83. The first-order valence-corrected chi connectivity index (χ1v) is 11.3. The average molecular weight is 438 g/mol. The summed E-state index contributed by atoms with van der Waals surface area (Å²) in [5.74, 6) is -0.643. The Labute approximate surface area is 188 Å². The van der Waals surface area contributed by atoms with E-state index in [1.165, 1.54) is 0 Å². The summed E-state index contributed by atoms with van der Waals surface area (Å²) in [6.07, 6.45) is 12.1. The van der Waals surface area contributed by atoms with Crippen molar-refractivity contribution in [1.82, 2.24) is 14.7 Å². The third kappa shape index (κ3) is 7.48. The van der Waals surface area contributed by atoms with Crippen molar-refractivity contribution < 1.29 is 19.5 Å². The molecule has 1 atom stereocenters. The molecule has 1 fully saturated rings. The number of aliphatic carboxylic acids is 1. The predicted molar refractivity (Wildman–Crippen MR) is 121 cm³/mol. The number of ketones is 1. The van der Waals surface area contributed by atoms with Gasteiger partial charge in [-0.25, -0.2) is 0 Å². The van der Waals surface area contributed by atoms with Gasteiger partial charge in [-0.3, -0.25) is 19.1 Å². The van der Waals surface area contributed by atoms with E-state index in [0.717, 1.165) is 36.8 Å². The Kier molecular flexibility index (Phi) is 8.78. The number of rotatable bonds is 13. The standard InChI is InChI=1S/C25H31N3O4/c29-23(16-21-17-26-27(19-21)18-20-8-4-3-5-9-20)13-11-22-12-14-24(30)28(22)15-7-2-1-6-10-25(31)32/h3-5,8-9,11,13,17,19,22H,1-2,6-7,10,12,14-16,18H2,(H,31,32)/b13-11+/t22-/m0/s1. The van der Waals surface area contributed by atoms with E-state index in [4.69, 9.17) is 5.11 Å². The van der Waals surface area contributed by atoms with E-state index in [2.05, 4.69) is 5.10 Å². The van der Waals surface area contributed by atoms with E-state index < -0.39 is 5.97 Å². The number of nitrogens with zero attached hydrogens (tertiary/aromatic N) is 3. The highest BCUT2D eigenvalue weighted by molar-refractivity contribution is 5.91. The summed E-state index contributed by atoms with van der Waals surface area (Å²) in [7, 11) is 0. The molecule has 1 aliphatic heterocycles. The van der Waals surface area contributed by atoms with Crippen LogP contribution in [0.4, 0.5) is 0 Å². The molecule has 32 heavy (non-hydrogen) atoms. The number of benzene rings is 1. The third-order valence-electron chi connectivity index (χ3n) is 5.67. The van der Waals surface area contributed by atoms with Crippen molar-refractivity contribution in [3.8, 4) is 0 Å². The van der Waals surface area contributed by atoms with Crippen LogP contribution in [-0.2, 0) is 27.3 Å². The van der Waals surface area contributed by atoms with Gasteiger partial charge in [0.15, 0.2) is 5.78 Å². The van der Waals surface area contributed by atoms with Crippen LogP contribution in [0, 0.1) is 0 Å². The van der Waals surface area contributed by atoms with E-state index in [1.807, 2.05) is 52.2 Å². The number of hydrogen-bond donors (Lipinski definition) is 1. The molecule has 0 bridgehead atoms. The van der Waals surface area contributed by atoms with Crippen LogP contribution in [0.5, 0.6) is 0 Å². The molecule has 1 aromatic carbocycles. The lowest BCUT2D eigenvalue weighted by molar-refractivity contribution is -0.137. The molecule has 1 amide bonds. The Morgan fingerprint density at radius 2 is 1.88 bits per heavy atom. The number of aromatic nitrogens is 2. The third-order valence-corrected chi connectivity index (χ3v) is 5.67. The maximum atomic E-state index is 12.4. The summed E-state index contributed by atoms with van der Waals surface area (Å²) >= 11 is 0. The number of allylic oxidation sites excluding steroid dienone is 1. The first kappa shape index (κ1) is 23.4. The van der Waals surface area contributed by atoms with Crippen molar-refractivity contribution in [2.24, 2.45) is 0 Å². The van der Waals surface area contributed by atoms with Crippen LogP contribution in [0.15, 0.2) is 54.9 Å². The number of carbonyl (C=O) groups is 3. The van der Waals surface area contributed by atoms with Crippen molar-refractivity contribution in [2.75, 3.05) is 6.54 Å². The maximum absolute atomic E-state index is 12.4. The van der Waals surface area contributed by atoms with Gasteiger partial charge in [0.05, 0.1) is 18.8 Å². The van der Waals surface area contributed by atoms with Crippen LogP contribution in [0.1, 0.15) is 56.1 Å². The summed E-state index contributed by atoms with van der Waals surface area (Å²) in [5, 5.41) is 13.0. The SMILES string of the molecule is O=C(O)CCCCCCN1C(=O)CC[C@@H]1/C=C/C(=O)Cc1cnn(Cc2ccccc2)c1. The molecule has 7 heteroatoms. The maximum Gasteiger partial charge on any atom is 0.303 e. The number of likely N-dealkylation sites (tertiary alicyclic amines) is 1. The number of amides is 1. The number of hydrogen-bond acceptors (Lipinski definition) is 4. The fourth-order valence-corrected chi connectivity index (χ4v) is 3.99. The fraction of sp³-hybridized carbons (Fsp3) is 0.440. The van der Waals surface area contributed by atoms with Crippen molar-refractivity contribution in [1.29, 1.82) is 0 Å². The Balaban J connectivity index is 1.43. The monoisotopic (exact) mass is 437 g/mol. The molecular weight excluding hydrogens is 406 g/mol. The lowest BCUT2D eigenvalue weighted by atomic mass is 10.1. The first-order valence-electron chi connectivity index (χ1n) is 11.3. The van der Waals surface area contributed by atoms with Crippen LogP contribution in [0.2, 0.25) is 0 Å². The van der Waals surface area contributed by atoms with Gasteiger partial charge in [-0.2, -0.15) is 5.10 Å². The highest BCUT2D eigenvalue weighted by Crippen LogP contribution is 2.21. The fourth-order valence-electron chi connectivity index (χ4n) is 3.99. The van der Waals surface area contributed by atoms with Gasteiger partial charge in [-0.1, -0.05) is 49.2 Å². The van der Waals surface area contributed by atoms with Gasteiger partial charge in [0, 0.05) is 32.0 Å². The topological polar surface area (TPSA) is 92.5 Å². The molecule has 0 saturated carbocycles. The van der Waals surface area contributed by atoms with Gasteiger partial charge in [0.2, 0.25) is 5.91 Å². The van der Waals surface area contributed by atoms with Gasteiger partial charge < -0.3 is 10.0 Å². The minimum absolute atomic E-state index is 0.00256. The molecule has 1 N–H and O–H groups in total. The molecule has 0 spiro atoms. The number of carbonyl (C=O) groups excluding carboxylic acids is 2. The second-order valence-electron chi connectivity index (χ2n) is 8.29. The molecule has 170 valence electrons. The molecular formula is C25H31N3O4. The largest absolute Gasteiger partial charge is 0.481 e. The van der Waals surface area contributed by atoms with E-state index in [1.54, 1.807) is 12.3 Å². The van der Waals surface area contributed by atoms with Crippen LogP contribution in [-0.4, -0.2) is 50.0 Å². The number of unbranched alkanes of at least 4 members (excludes halogenated alkanes) is 3. The zero-order valence-electron chi connectivity index (χ0n) is 18.4. The zero-order valence-corrected chi connectivity index (χ0v) is 18.4. The Hall–Kier alpha value is -3.22. The minimum atomic E-state index is -0.766. The highest BCUT2D eigenvalue weighted by atomic mass is 16.4. The van der Waals surface area contributed by atoms with Gasteiger partial charge in [0.25, 0.3) is 0 Å². The average Bonchev–Trinajstić information content (AvgIpc) is 3.35. The molecule has 2 aromatic rings. The molecule has 2 heterocycles. The van der Waals surface area contributed by atoms with E-state index >= 15 is 0 Å². The zero-order chi connectivity index (χ0) is 22.8. The van der Waals surface area contributed by atoms with Gasteiger partial charge in [-0.15, -0.1) is 0 Å². The Morgan fingerprint density at radius 1 is 1.09 bits per heavy atom. The van der Waals surface area contributed by atoms with E-state index in [9.17, 15) is 14.4 Å². The quantitative estimate of drug-likeness (QED) is 0.382. The van der Waals surface area contributed by atoms with Crippen molar-refractivity contribution in [2.45, 2.75) is 64.0 Å². The normalized spacial score (nSPS) is 16.2. The predicted octanol–water partition coefficient (Wildman–Crippen LogP) is 3.63. The molecule has 3 rings (SSSR count). The van der Waals surface area contributed by atoms with Crippen LogP contribution in [0.25, 0.3) is 0 Å². The van der Waals surface area contributed by atoms with Crippen molar-refractivity contribution >= 4 is 17.7 Å². The smallest absolute Gasteiger partial charge is 0.303 e. The van der Waals surface area contributed by atoms with E-state index in [0.29, 0.717) is 25.9 Å². The van der Waals surface area contributed by atoms with Crippen molar-refractivity contribution in [3.63, 3.8) is 0 Å². The summed E-state index contributed by atoms with van der Waals surface area (Å²) in [6.45, 7) is 1.32. The Bertz CT molecular complexity index is 936. The molecule has 0 aliphatic carbocycles. The molecule has 1 aromatic heterocycles. The van der Waals surface area contributed by atoms with Gasteiger partial charge in [-0.05, 0) is 36.5 Å². The Morgan fingerprint density at radius 3 is 2.66 bits per heavy atom. The van der Waals surface area contributed by atoms with Crippen LogP contribution in [0.3, 0.4) is 0 Å². The second-order valence-corrected chi connectivity index (χ2v) is 8.29. The van der Waals surface area contributed by atoms with Crippen LogP contribution >= 0.6 is 0 Å². The molecule has 0 radical (unpaired) electrons. The molecule has 7 nitrogen and oxygen atoms in total.